The highest BCUT2D eigenvalue weighted by Crippen LogP contribution is 2.35. The molecule has 0 N–H and O–H groups in total. The van der Waals surface area contributed by atoms with Gasteiger partial charge in [0.2, 0.25) is 0 Å². The van der Waals surface area contributed by atoms with E-state index in [0.29, 0.717) is 26.2 Å². The second kappa shape index (κ2) is 9.94. The fraction of sp³-hybridized carbons (Fsp3) is 0.391. The van der Waals surface area contributed by atoms with Crippen molar-refractivity contribution in [3.63, 3.8) is 0 Å². The van der Waals surface area contributed by atoms with Gasteiger partial charge in [0.15, 0.2) is 23.2 Å². The Morgan fingerprint density at radius 1 is 1.14 bits per heavy atom. The van der Waals surface area contributed by atoms with E-state index in [9.17, 15) is 13.2 Å². The highest BCUT2D eigenvalue weighted by atomic mass is 19.2. The first kappa shape index (κ1) is 21.4. The maximum absolute atomic E-state index is 14.8. The summed E-state index contributed by atoms with van der Waals surface area (Å²) < 4.78 is 60.0. The van der Waals surface area contributed by atoms with Crippen molar-refractivity contribution < 1.29 is 27.4 Å². The Labute approximate surface area is 169 Å². The van der Waals surface area contributed by atoms with Crippen LogP contribution < -0.4 is 4.74 Å². The zero-order valence-corrected chi connectivity index (χ0v) is 16.4. The van der Waals surface area contributed by atoms with Gasteiger partial charge in [-0.2, -0.15) is 0 Å². The average Bonchev–Trinajstić information content (AvgIpc) is 2.74. The topological polar surface area (TPSA) is 27.7 Å². The molecule has 6 heteroatoms. The first-order valence-corrected chi connectivity index (χ1v) is 9.76. The van der Waals surface area contributed by atoms with Crippen LogP contribution in [0.2, 0.25) is 0 Å². The molecule has 29 heavy (non-hydrogen) atoms. The summed E-state index contributed by atoms with van der Waals surface area (Å²) in [5.41, 5.74) is 0.534. The number of ether oxygens (including phenoxy) is 3. The molecule has 156 valence electrons. The van der Waals surface area contributed by atoms with E-state index in [1.165, 1.54) is 24.3 Å². The van der Waals surface area contributed by atoms with Gasteiger partial charge in [-0.05, 0) is 43.0 Å². The van der Waals surface area contributed by atoms with Crippen molar-refractivity contribution in [3.8, 4) is 16.9 Å². The normalized spacial score (nSPS) is 19.2. The predicted molar refractivity (Wildman–Crippen MR) is 106 cm³/mol. The molecular weight excluding hydrogens is 381 g/mol. The molecule has 2 aromatic rings. The molecule has 0 bridgehead atoms. The van der Waals surface area contributed by atoms with Crippen LogP contribution in [-0.4, -0.2) is 32.5 Å². The quantitative estimate of drug-likeness (QED) is 0.532. The Hall–Kier alpha value is -2.31. The number of rotatable bonds is 8. The van der Waals surface area contributed by atoms with Gasteiger partial charge >= 0.3 is 0 Å². The summed E-state index contributed by atoms with van der Waals surface area (Å²) in [5.74, 6) is -2.73. The molecule has 2 atom stereocenters. The minimum atomic E-state index is -0.988. The molecule has 0 radical (unpaired) electrons. The lowest BCUT2D eigenvalue weighted by Gasteiger charge is -2.29. The van der Waals surface area contributed by atoms with E-state index in [1.54, 1.807) is 6.07 Å². The van der Waals surface area contributed by atoms with Crippen molar-refractivity contribution in [1.82, 2.24) is 0 Å². The van der Waals surface area contributed by atoms with Gasteiger partial charge in [-0.15, -0.1) is 0 Å². The second-order valence-corrected chi connectivity index (χ2v) is 6.96. The average molecular weight is 406 g/mol. The van der Waals surface area contributed by atoms with Crippen LogP contribution in [0.1, 0.15) is 31.2 Å². The summed E-state index contributed by atoms with van der Waals surface area (Å²) in [5, 5.41) is 0. The van der Waals surface area contributed by atoms with E-state index in [-0.39, 0.29) is 41.1 Å². The molecule has 1 saturated heterocycles. The van der Waals surface area contributed by atoms with Crippen LogP contribution in [0.25, 0.3) is 11.1 Å². The molecule has 0 aromatic heterocycles. The van der Waals surface area contributed by atoms with Crippen molar-refractivity contribution in [1.29, 1.82) is 0 Å². The van der Waals surface area contributed by atoms with Gasteiger partial charge in [-0.3, -0.25) is 0 Å². The van der Waals surface area contributed by atoms with E-state index in [2.05, 4.69) is 6.58 Å². The van der Waals surface area contributed by atoms with Crippen LogP contribution in [0.15, 0.2) is 43.0 Å². The molecule has 2 unspecified atom stereocenters. The first-order chi connectivity index (χ1) is 14.0. The van der Waals surface area contributed by atoms with E-state index < -0.39 is 17.5 Å². The molecule has 0 aliphatic carbocycles. The Kier molecular flexibility index (Phi) is 7.34. The van der Waals surface area contributed by atoms with Crippen molar-refractivity contribution in [2.24, 2.45) is 0 Å². The van der Waals surface area contributed by atoms with Crippen molar-refractivity contribution in [2.75, 3.05) is 26.4 Å². The molecule has 1 aliphatic heterocycles. The Bertz CT molecular complexity index is 846. The second-order valence-electron chi connectivity index (χ2n) is 6.96. The third-order valence-electron chi connectivity index (χ3n) is 5.03. The molecule has 1 heterocycles. The zero-order chi connectivity index (χ0) is 20.8. The van der Waals surface area contributed by atoms with Gasteiger partial charge in [-0.25, -0.2) is 13.2 Å². The Morgan fingerprint density at radius 2 is 1.97 bits per heavy atom. The predicted octanol–water partition coefficient (Wildman–Crippen LogP) is 5.63. The van der Waals surface area contributed by atoms with E-state index in [4.69, 9.17) is 14.2 Å². The van der Waals surface area contributed by atoms with Gasteiger partial charge in [0, 0.05) is 18.1 Å². The molecule has 3 nitrogen and oxygen atoms in total. The lowest BCUT2D eigenvalue weighted by molar-refractivity contribution is -0.0464. The maximum atomic E-state index is 14.8. The van der Waals surface area contributed by atoms with Gasteiger partial charge in [0.25, 0.3) is 0 Å². The van der Waals surface area contributed by atoms with Crippen LogP contribution >= 0.6 is 0 Å². The lowest BCUT2D eigenvalue weighted by Crippen LogP contribution is -2.29. The molecule has 2 aromatic carbocycles. The smallest absolute Gasteiger partial charge is 0.166 e. The highest BCUT2D eigenvalue weighted by Gasteiger charge is 2.27. The monoisotopic (exact) mass is 406 g/mol. The maximum Gasteiger partial charge on any atom is 0.166 e. The molecule has 3 rings (SSSR count). The van der Waals surface area contributed by atoms with Gasteiger partial charge < -0.3 is 14.2 Å². The van der Waals surface area contributed by atoms with E-state index in [1.807, 2.05) is 6.92 Å². The molecule has 0 spiro atoms. The van der Waals surface area contributed by atoms with E-state index in [0.717, 1.165) is 12.5 Å². The summed E-state index contributed by atoms with van der Waals surface area (Å²) in [7, 11) is 0. The number of hydrogen-bond donors (Lipinski definition) is 0. The molecule has 0 saturated carbocycles. The number of halogens is 3. The first-order valence-electron chi connectivity index (χ1n) is 9.76. The summed E-state index contributed by atoms with van der Waals surface area (Å²) in [6, 6.07) is 7.08. The lowest BCUT2D eigenvalue weighted by atomic mass is 9.89. The van der Waals surface area contributed by atoms with Crippen LogP contribution in [0, 0.1) is 17.5 Å². The van der Waals surface area contributed by atoms with E-state index >= 15 is 0 Å². The third kappa shape index (κ3) is 5.00. The minimum Gasteiger partial charge on any atom is -0.486 e. The number of benzene rings is 2. The van der Waals surface area contributed by atoms with Crippen molar-refractivity contribution in [3.05, 3.63) is 66.0 Å². The zero-order valence-electron chi connectivity index (χ0n) is 16.4. The van der Waals surface area contributed by atoms with Crippen LogP contribution in [0.5, 0.6) is 5.75 Å². The minimum absolute atomic E-state index is 0.00590. The summed E-state index contributed by atoms with van der Waals surface area (Å²) in [4.78, 5) is 0. The fourth-order valence-electron chi connectivity index (χ4n) is 3.47. The molecule has 1 aliphatic rings. The Balaban J connectivity index is 1.76. The largest absolute Gasteiger partial charge is 0.486 e. The van der Waals surface area contributed by atoms with Gasteiger partial charge in [0.1, 0.15) is 6.61 Å². The summed E-state index contributed by atoms with van der Waals surface area (Å²) in [6.07, 6.45) is 2.90. The van der Waals surface area contributed by atoms with Crippen molar-refractivity contribution >= 4 is 0 Å². The fourth-order valence-corrected chi connectivity index (χ4v) is 3.47. The highest BCUT2D eigenvalue weighted by molar-refractivity contribution is 5.66. The molecule has 1 fully saturated rings. The van der Waals surface area contributed by atoms with Crippen LogP contribution in [-0.2, 0) is 9.47 Å². The SMILES string of the molecule is C=CCOc1ccc(-c2ccc(C3CCC(COCC)OC3)c(F)c2F)cc1F. The van der Waals surface area contributed by atoms with Gasteiger partial charge in [-0.1, -0.05) is 30.9 Å². The third-order valence-corrected chi connectivity index (χ3v) is 5.03. The van der Waals surface area contributed by atoms with Crippen LogP contribution in [0.4, 0.5) is 13.2 Å². The standard InChI is InChI=1S/C23H25F3O3/c1-3-11-28-21-10-6-15(12-20(21)24)18-8-9-19(23(26)22(18)25)16-5-7-17(29-13-16)14-27-4-2/h3,6,8-10,12,16-17H,1,4-5,7,11,13-14H2,2H3. The summed E-state index contributed by atoms with van der Waals surface area (Å²) >= 11 is 0. The Morgan fingerprint density at radius 3 is 2.62 bits per heavy atom. The van der Waals surface area contributed by atoms with Crippen molar-refractivity contribution in [2.45, 2.75) is 31.8 Å². The summed E-state index contributed by atoms with van der Waals surface area (Å²) in [6.45, 7) is 7.02. The number of hydrogen-bond acceptors (Lipinski definition) is 3. The van der Waals surface area contributed by atoms with Crippen LogP contribution in [0.3, 0.4) is 0 Å². The molecule has 0 amide bonds. The molecular formula is C23H25F3O3. The van der Waals surface area contributed by atoms with Gasteiger partial charge in [0.05, 0.1) is 19.3 Å².